The molecule has 0 spiro atoms. The molecule has 1 rings (SSSR count). The molecule has 0 heterocycles. The van der Waals surface area contributed by atoms with Gasteiger partial charge in [-0.2, -0.15) is 0 Å². The van der Waals surface area contributed by atoms with Gasteiger partial charge in [0, 0.05) is 10.5 Å². The van der Waals surface area contributed by atoms with Gasteiger partial charge in [0.2, 0.25) is 5.91 Å². The minimum absolute atomic E-state index is 0.0630. The Balaban J connectivity index is 2.30. The molecular formula is C14H21BrN2O. The largest absolute Gasteiger partial charge is 0.352 e. The molecule has 0 aliphatic carbocycles. The highest BCUT2D eigenvalue weighted by atomic mass is 79.9. The van der Waals surface area contributed by atoms with Crippen LogP contribution in [-0.4, -0.2) is 25.0 Å². The van der Waals surface area contributed by atoms with E-state index in [1.807, 2.05) is 19.1 Å². The lowest BCUT2D eigenvalue weighted by Crippen LogP contribution is -2.40. The standard InChI is InChI=1S/C14H21BrN2O/c1-3-8-16-10-14(18)17-11(2)9-12-4-6-13(15)7-5-12/h4-7,11,16H,3,8-10H2,1-2H3,(H,17,18). The normalized spacial score (nSPS) is 12.2. The lowest BCUT2D eigenvalue weighted by Gasteiger charge is -2.14. The second-order valence-electron chi connectivity index (χ2n) is 4.48. The summed E-state index contributed by atoms with van der Waals surface area (Å²) in [4.78, 5) is 11.6. The minimum Gasteiger partial charge on any atom is -0.352 e. The molecule has 4 heteroatoms. The highest BCUT2D eigenvalue weighted by molar-refractivity contribution is 9.10. The number of halogens is 1. The summed E-state index contributed by atoms with van der Waals surface area (Å²) in [5.41, 5.74) is 1.23. The molecule has 18 heavy (non-hydrogen) atoms. The average Bonchev–Trinajstić information content (AvgIpc) is 2.32. The van der Waals surface area contributed by atoms with Crippen LogP contribution in [0.1, 0.15) is 25.8 Å². The van der Waals surface area contributed by atoms with Crippen molar-refractivity contribution in [3.8, 4) is 0 Å². The number of nitrogens with one attached hydrogen (secondary N) is 2. The predicted molar refractivity (Wildman–Crippen MR) is 78.6 cm³/mol. The van der Waals surface area contributed by atoms with Gasteiger partial charge >= 0.3 is 0 Å². The van der Waals surface area contributed by atoms with Crippen LogP contribution < -0.4 is 10.6 Å². The summed E-state index contributed by atoms with van der Waals surface area (Å²) in [6.07, 6.45) is 1.90. The van der Waals surface area contributed by atoms with Gasteiger partial charge in [-0.05, 0) is 44.0 Å². The van der Waals surface area contributed by atoms with Crippen molar-refractivity contribution >= 4 is 21.8 Å². The number of hydrogen-bond acceptors (Lipinski definition) is 2. The third kappa shape index (κ3) is 6.17. The summed E-state index contributed by atoms with van der Waals surface area (Å²) in [5, 5.41) is 6.08. The van der Waals surface area contributed by atoms with Crippen molar-refractivity contribution in [1.29, 1.82) is 0 Å². The molecule has 1 aromatic rings. The van der Waals surface area contributed by atoms with Crippen molar-refractivity contribution in [2.24, 2.45) is 0 Å². The third-order valence-corrected chi connectivity index (χ3v) is 3.10. The molecule has 1 amide bonds. The molecule has 1 unspecified atom stereocenters. The van der Waals surface area contributed by atoms with Gasteiger partial charge in [-0.1, -0.05) is 35.0 Å². The van der Waals surface area contributed by atoms with E-state index in [1.54, 1.807) is 0 Å². The van der Waals surface area contributed by atoms with Gasteiger partial charge < -0.3 is 10.6 Å². The Kier molecular flexibility index (Phi) is 6.98. The maximum absolute atomic E-state index is 11.6. The van der Waals surface area contributed by atoms with Crippen LogP contribution in [0, 0.1) is 0 Å². The van der Waals surface area contributed by atoms with Gasteiger partial charge in [0.15, 0.2) is 0 Å². The first-order chi connectivity index (χ1) is 8.61. The molecule has 0 saturated heterocycles. The van der Waals surface area contributed by atoms with Gasteiger partial charge in [0.1, 0.15) is 0 Å². The Labute approximate surface area is 117 Å². The minimum atomic E-state index is 0.0630. The van der Waals surface area contributed by atoms with E-state index in [0.717, 1.165) is 23.9 Å². The molecule has 0 aliphatic rings. The van der Waals surface area contributed by atoms with Gasteiger partial charge in [-0.3, -0.25) is 4.79 Å². The molecule has 1 aromatic carbocycles. The van der Waals surface area contributed by atoms with E-state index in [-0.39, 0.29) is 11.9 Å². The molecule has 1 atom stereocenters. The van der Waals surface area contributed by atoms with Crippen LogP contribution in [0.4, 0.5) is 0 Å². The highest BCUT2D eigenvalue weighted by Gasteiger charge is 2.07. The van der Waals surface area contributed by atoms with Crippen molar-refractivity contribution in [3.05, 3.63) is 34.3 Å². The third-order valence-electron chi connectivity index (χ3n) is 2.57. The number of amides is 1. The van der Waals surface area contributed by atoms with Gasteiger partial charge in [-0.15, -0.1) is 0 Å². The lowest BCUT2D eigenvalue weighted by atomic mass is 10.1. The Morgan fingerprint density at radius 1 is 1.33 bits per heavy atom. The lowest BCUT2D eigenvalue weighted by molar-refractivity contribution is -0.120. The van der Waals surface area contributed by atoms with Gasteiger partial charge in [-0.25, -0.2) is 0 Å². The SMILES string of the molecule is CCCNCC(=O)NC(C)Cc1ccc(Br)cc1. The molecule has 0 saturated carbocycles. The summed E-state index contributed by atoms with van der Waals surface area (Å²) in [6.45, 7) is 5.40. The summed E-state index contributed by atoms with van der Waals surface area (Å²) < 4.78 is 1.08. The van der Waals surface area contributed by atoms with Crippen LogP contribution in [0.3, 0.4) is 0 Å². The first-order valence-electron chi connectivity index (χ1n) is 6.36. The van der Waals surface area contributed by atoms with Crippen LogP contribution >= 0.6 is 15.9 Å². The van der Waals surface area contributed by atoms with Crippen LogP contribution in [0.25, 0.3) is 0 Å². The first-order valence-corrected chi connectivity index (χ1v) is 7.15. The van der Waals surface area contributed by atoms with Crippen LogP contribution in [0.5, 0.6) is 0 Å². The van der Waals surface area contributed by atoms with Crippen molar-refractivity contribution in [2.75, 3.05) is 13.1 Å². The maximum Gasteiger partial charge on any atom is 0.234 e. The number of rotatable bonds is 7. The average molecular weight is 313 g/mol. The smallest absolute Gasteiger partial charge is 0.234 e. The Morgan fingerprint density at radius 3 is 2.61 bits per heavy atom. The van der Waals surface area contributed by atoms with E-state index < -0.39 is 0 Å². The van der Waals surface area contributed by atoms with Crippen molar-refractivity contribution in [3.63, 3.8) is 0 Å². The number of hydrogen-bond donors (Lipinski definition) is 2. The Bertz CT molecular complexity index is 365. The van der Waals surface area contributed by atoms with Crippen LogP contribution in [0.2, 0.25) is 0 Å². The summed E-state index contributed by atoms with van der Waals surface area (Å²) >= 11 is 3.41. The molecular weight excluding hydrogens is 292 g/mol. The van der Waals surface area contributed by atoms with Crippen molar-refractivity contribution in [2.45, 2.75) is 32.7 Å². The summed E-state index contributed by atoms with van der Waals surface area (Å²) in [5.74, 6) is 0.0630. The topological polar surface area (TPSA) is 41.1 Å². The number of carbonyl (C=O) groups excluding carboxylic acids is 1. The zero-order chi connectivity index (χ0) is 13.4. The Morgan fingerprint density at radius 2 is 2.00 bits per heavy atom. The quantitative estimate of drug-likeness (QED) is 0.760. The molecule has 0 fully saturated rings. The number of carbonyl (C=O) groups is 1. The van der Waals surface area contributed by atoms with E-state index in [2.05, 4.69) is 45.6 Å². The molecule has 0 aliphatic heterocycles. The molecule has 3 nitrogen and oxygen atoms in total. The Hall–Kier alpha value is -0.870. The predicted octanol–water partition coefficient (Wildman–Crippen LogP) is 2.50. The van der Waals surface area contributed by atoms with E-state index in [4.69, 9.17) is 0 Å². The second-order valence-corrected chi connectivity index (χ2v) is 5.39. The fourth-order valence-corrected chi connectivity index (χ4v) is 1.99. The zero-order valence-electron chi connectivity index (χ0n) is 11.0. The second kappa shape index (κ2) is 8.27. The molecule has 100 valence electrons. The highest BCUT2D eigenvalue weighted by Crippen LogP contribution is 2.11. The number of benzene rings is 1. The monoisotopic (exact) mass is 312 g/mol. The van der Waals surface area contributed by atoms with E-state index in [1.165, 1.54) is 5.56 Å². The fraction of sp³-hybridized carbons (Fsp3) is 0.500. The van der Waals surface area contributed by atoms with Crippen molar-refractivity contribution in [1.82, 2.24) is 10.6 Å². The van der Waals surface area contributed by atoms with Crippen LogP contribution in [0.15, 0.2) is 28.7 Å². The van der Waals surface area contributed by atoms with E-state index in [0.29, 0.717) is 6.54 Å². The van der Waals surface area contributed by atoms with E-state index in [9.17, 15) is 4.79 Å². The summed E-state index contributed by atoms with van der Waals surface area (Å²) in [7, 11) is 0. The van der Waals surface area contributed by atoms with Crippen molar-refractivity contribution < 1.29 is 4.79 Å². The molecule has 0 bridgehead atoms. The maximum atomic E-state index is 11.6. The van der Waals surface area contributed by atoms with Gasteiger partial charge in [0.25, 0.3) is 0 Å². The molecule has 0 radical (unpaired) electrons. The van der Waals surface area contributed by atoms with Crippen LogP contribution in [-0.2, 0) is 11.2 Å². The summed E-state index contributed by atoms with van der Waals surface area (Å²) in [6, 6.07) is 8.34. The van der Waals surface area contributed by atoms with E-state index >= 15 is 0 Å². The van der Waals surface area contributed by atoms with Gasteiger partial charge in [0.05, 0.1) is 6.54 Å². The first kappa shape index (κ1) is 15.2. The molecule has 0 aromatic heterocycles. The molecule has 2 N–H and O–H groups in total. The zero-order valence-corrected chi connectivity index (χ0v) is 12.6. The fourth-order valence-electron chi connectivity index (χ4n) is 1.73.